The Kier molecular flexibility index (Phi) is 4.02. The quantitative estimate of drug-likeness (QED) is 0.896. The summed E-state index contributed by atoms with van der Waals surface area (Å²) in [5.74, 6) is 1.64. The minimum absolute atomic E-state index is 0.432. The van der Waals surface area contributed by atoms with Crippen molar-refractivity contribution < 1.29 is 0 Å². The van der Waals surface area contributed by atoms with Crippen LogP contribution in [-0.4, -0.2) is 12.0 Å². The van der Waals surface area contributed by atoms with Gasteiger partial charge in [0.25, 0.3) is 0 Å². The second-order valence-corrected chi connectivity index (χ2v) is 6.24. The van der Waals surface area contributed by atoms with Crippen LogP contribution in [0.4, 0.5) is 0 Å². The maximum atomic E-state index is 4.45. The smallest absolute Gasteiger partial charge is 0.0367 e. The number of aromatic nitrogens is 1. The van der Waals surface area contributed by atoms with Crippen LogP contribution < -0.4 is 5.32 Å². The molecular weight excluding hydrogens is 244 g/mol. The van der Waals surface area contributed by atoms with E-state index >= 15 is 0 Å². The van der Waals surface area contributed by atoms with Crippen molar-refractivity contribution in [2.24, 2.45) is 11.8 Å². The summed E-state index contributed by atoms with van der Waals surface area (Å²) in [6, 6.07) is 9.02. The van der Waals surface area contributed by atoms with Crippen LogP contribution in [0.1, 0.15) is 44.2 Å². The lowest BCUT2D eigenvalue weighted by molar-refractivity contribution is 0.238. The van der Waals surface area contributed by atoms with Gasteiger partial charge in [-0.25, -0.2) is 0 Å². The number of hydrogen-bond acceptors (Lipinski definition) is 2. The van der Waals surface area contributed by atoms with Crippen LogP contribution >= 0.6 is 0 Å². The zero-order valence-electron chi connectivity index (χ0n) is 12.5. The zero-order chi connectivity index (χ0) is 13.9. The number of nitrogens with one attached hydrogen (secondary N) is 1. The van der Waals surface area contributed by atoms with Crippen LogP contribution in [0.5, 0.6) is 0 Å². The van der Waals surface area contributed by atoms with E-state index in [0.29, 0.717) is 6.04 Å². The number of fused-ring (bicyclic) bond motifs is 1. The SMILES string of the molecule is CNC(c1cncc2ccccc12)C1CCC(C)CC1. The van der Waals surface area contributed by atoms with Crippen molar-refractivity contribution in [3.05, 3.63) is 42.2 Å². The van der Waals surface area contributed by atoms with Gasteiger partial charge in [-0.1, -0.05) is 44.0 Å². The summed E-state index contributed by atoms with van der Waals surface area (Å²) in [6.45, 7) is 2.38. The van der Waals surface area contributed by atoms with Crippen LogP contribution in [0.3, 0.4) is 0 Å². The molecule has 2 nitrogen and oxygen atoms in total. The molecule has 20 heavy (non-hydrogen) atoms. The number of rotatable bonds is 3. The van der Waals surface area contributed by atoms with E-state index in [-0.39, 0.29) is 0 Å². The highest BCUT2D eigenvalue weighted by molar-refractivity contribution is 5.85. The Balaban J connectivity index is 1.95. The normalized spacial score (nSPS) is 24.7. The van der Waals surface area contributed by atoms with Gasteiger partial charge in [0, 0.05) is 23.8 Å². The summed E-state index contributed by atoms with van der Waals surface area (Å²) in [4.78, 5) is 4.45. The average Bonchev–Trinajstić information content (AvgIpc) is 2.50. The van der Waals surface area contributed by atoms with E-state index in [1.165, 1.54) is 42.0 Å². The third kappa shape index (κ3) is 2.57. The zero-order valence-corrected chi connectivity index (χ0v) is 12.5. The minimum Gasteiger partial charge on any atom is -0.313 e. The van der Waals surface area contributed by atoms with Crippen LogP contribution in [0.25, 0.3) is 10.8 Å². The predicted molar refractivity (Wildman–Crippen MR) is 84.7 cm³/mol. The molecule has 1 N–H and O–H groups in total. The van der Waals surface area contributed by atoms with Gasteiger partial charge in [0.2, 0.25) is 0 Å². The topological polar surface area (TPSA) is 24.9 Å². The van der Waals surface area contributed by atoms with Crippen molar-refractivity contribution in [2.45, 2.75) is 38.6 Å². The predicted octanol–water partition coefficient (Wildman–Crippen LogP) is 4.32. The summed E-state index contributed by atoms with van der Waals surface area (Å²) in [6.07, 6.45) is 9.41. The standard InChI is InChI=1S/C18H24N2/c1-13-7-9-14(10-8-13)18(19-2)17-12-20-11-15-5-3-4-6-16(15)17/h3-6,11-14,18-19H,7-10H2,1-2H3. The molecule has 1 unspecified atom stereocenters. The molecule has 1 heterocycles. The molecule has 3 rings (SSSR count). The Morgan fingerprint density at radius 3 is 2.60 bits per heavy atom. The van der Waals surface area contributed by atoms with E-state index in [0.717, 1.165) is 11.8 Å². The molecule has 1 aliphatic rings. The first kappa shape index (κ1) is 13.6. The second kappa shape index (κ2) is 5.92. The van der Waals surface area contributed by atoms with E-state index in [4.69, 9.17) is 0 Å². The molecule has 0 spiro atoms. The Morgan fingerprint density at radius 1 is 1.10 bits per heavy atom. The number of nitrogens with zero attached hydrogens (tertiary/aromatic N) is 1. The maximum absolute atomic E-state index is 4.45. The number of benzene rings is 1. The van der Waals surface area contributed by atoms with Crippen molar-refractivity contribution in [3.63, 3.8) is 0 Å². The number of pyridine rings is 1. The van der Waals surface area contributed by atoms with Crippen LogP contribution in [0.2, 0.25) is 0 Å². The van der Waals surface area contributed by atoms with Gasteiger partial charge in [-0.2, -0.15) is 0 Å². The summed E-state index contributed by atoms with van der Waals surface area (Å²) < 4.78 is 0. The van der Waals surface area contributed by atoms with Crippen LogP contribution in [0, 0.1) is 11.8 Å². The largest absolute Gasteiger partial charge is 0.313 e. The van der Waals surface area contributed by atoms with Crippen LogP contribution in [-0.2, 0) is 0 Å². The second-order valence-electron chi connectivity index (χ2n) is 6.24. The fourth-order valence-electron chi connectivity index (χ4n) is 3.65. The summed E-state index contributed by atoms with van der Waals surface area (Å²) in [5.41, 5.74) is 1.37. The van der Waals surface area contributed by atoms with Crippen LogP contribution in [0.15, 0.2) is 36.7 Å². The first-order chi connectivity index (χ1) is 9.79. The fraction of sp³-hybridized carbons (Fsp3) is 0.500. The fourth-order valence-corrected chi connectivity index (χ4v) is 3.65. The Hall–Kier alpha value is -1.41. The molecule has 106 valence electrons. The van der Waals surface area contributed by atoms with Gasteiger partial charge in [0.1, 0.15) is 0 Å². The van der Waals surface area contributed by atoms with Gasteiger partial charge < -0.3 is 5.32 Å². The van der Waals surface area contributed by atoms with E-state index < -0.39 is 0 Å². The lowest BCUT2D eigenvalue weighted by Crippen LogP contribution is -2.28. The van der Waals surface area contributed by atoms with Gasteiger partial charge in [-0.3, -0.25) is 4.98 Å². The van der Waals surface area contributed by atoms with Gasteiger partial charge in [0.15, 0.2) is 0 Å². The lowest BCUT2D eigenvalue weighted by atomic mass is 9.77. The third-order valence-corrected chi connectivity index (χ3v) is 4.88. The van der Waals surface area contributed by atoms with Crippen molar-refractivity contribution >= 4 is 10.8 Å². The minimum atomic E-state index is 0.432. The lowest BCUT2D eigenvalue weighted by Gasteiger charge is -2.33. The molecule has 1 atom stereocenters. The maximum Gasteiger partial charge on any atom is 0.0367 e. The molecule has 1 aromatic heterocycles. The molecule has 1 aromatic carbocycles. The molecule has 0 saturated heterocycles. The van der Waals surface area contributed by atoms with Crippen molar-refractivity contribution in [1.29, 1.82) is 0 Å². The average molecular weight is 268 g/mol. The van der Waals surface area contributed by atoms with Gasteiger partial charge >= 0.3 is 0 Å². The van der Waals surface area contributed by atoms with Crippen molar-refractivity contribution in [2.75, 3.05) is 7.05 Å². The highest BCUT2D eigenvalue weighted by Crippen LogP contribution is 2.38. The van der Waals surface area contributed by atoms with E-state index in [1.807, 2.05) is 6.20 Å². The summed E-state index contributed by atoms with van der Waals surface area (Å²) in [7, 11) is 2.09. The first-order valence-electron chi connectivity index (χ1n) is 7.79. The Morgan fingerprint density at radius 2 is 1.85 bits per heavy atom. The third-order valence-electron chi connectivity index (χ3n) is 4.88. The van der Waals surface area contributed by atoms with Gasteiger partial charge in [-0.05, 0) is 42.7 Å². The monoisotopic (exact) mass is 268 g/mol. The molecule has 0 amide bonds. The van der Waals surface area contributed by atoms with Gasteiger partial charge in [-0.15, -0.1) is 0 Å². The molecule has 1 fully saturated rings. The van der Waals surface area contributed by atoms with E-state index in [9.17, 15) is 0 Å². The number of hydrogen-bond donors (Lipinski definition) is 1. The van der Waals surface area contributed by atoms with Crippen molar-refractivity contribution in [1.82, 2.24) is 10.3 Å². The highest BCUT2D eigenvalue weighted by Gasteiger charge is 2.27. The molecular formula is C18H24N2. The molecule has 0 aliphatic heterocycles. The van der Waals surface area contributed by atoms with E-state index in [2.05, 4.69) is 54.7 Å². The molecule has 2 aromatic rings. The first-order valence-corrected chi connectivity index (χ1v) is 7.79. The highest BCUT2D eigenvalue weighted by atomic mass is 14.9. The molecule has 0 bridgehead atoms. The van der Waals surface area contributed by atoms with E-state index in [1.54, 1.807) is 0 Å². The molecule has 1 aliphatic carbocycles. The Bertz CT molecular complexity index is 565. The molecule has 1 saturated carbocycles. The molecule has 0 radical (unpaired) electrons. The summed E-state index contributed by atoms with van der Waals surface area (Å²) in [5, 5.41) is 6.15. The summed E-state index contributed by atoms with van der Waals surface area (Å²) >= 11 is 0. The Labute approximate surface area is 121 Å². The van der Waals surface area contributed by atoms with Crippen molar-refractivity contribution in [3.8, 4) is 0 Å². The molecule has 2 heteroatoms. The van der Waals surface area contributed by atoms with Gasteiger partial charge in [0.05, 0.1) is 0 Å².